The molecule has 2 aliphatic rings. The number of hydrogen-bond acceptors (Lipinski definition) is 4. The number of thiophene rings is 1. The van der Waals surface area contributed by atoms with Gasteiger partial charge in [0.25, 0.3) is 0 Å². The summed E-state index contributed by atoms with van der Waals surface area (Å²) in [4.78, 5) is 25.3. The molecule has 21 heavy (non-hydrogen) atoms. The summed E-state index contributed by atoms with van der Waals surface area (Å²) >= 11 is 13.3. The number of carbonyl (C=O) groups is 2. The van der Waals surface area contributed by atoms with E-state index in [0.29, 0.717) is 17.0 Å². The van der Waals surface area contributed by atoms with Crippen molar-refractivity contribution in [2.24, 2.45) is 5.92 Å². The number of methoxy groups -OCH3 is 1. The molecule has 1 N–H and O–H groups in total. The standard InChI is InChI=1S/C14H15Cl2NO3S/c1-20-13(19)10-7-4-2-3-5-9(7)21-12(10)17-11(18)8-6-14(8,15)16/h8H,2-6H2,1H3,(H,17,18). The van der Waals surface area contributed by atoms with Crippen LogP contribution in [0.3, 0.4) is 0 Å². The van der Waals surface area contributed by atoms with Gasteiger partial charge in [0, 0.05) is 4.88 Å². The van der Waals surface area contributed by atoms with Crippen molar-refractivity contribution in [1.29, 1.82) is 0 Å². The summed E-state index contributed by atoms with van der Waals surface area (Å²) in [6, 6.07) is 0. The lowest BCUT2D eigenvalue weighted by molar-refractivity contribution is -0.117. The molecular weight excluding hydrogens is 333 g/mol. The molecule has 7 heteroatoms. The molecule has 0 aromatic carbocycles. The van der Waals surface area contributed by atoms with Crippen molar-refractivity contribution >= 4 is 51.4 Å². The molecule has 0 aliphatic heterocycles. The second-order valence-corrected chi connectivity index (χ2v) is 8.06. The average molecular weight is 348 g/mol. The first-order valence-corrected chi connectivity index (χ1v) is 8.43. The highest BCUT2D eigenvalue weighted by molar-refractivity contribution is 7.17. The Morgan fingerprint density at radius 2 is 2.00 bits per heavy atom. The Hall–Kier alpha value is -0.780. The molecule has 1 saturated carbocycles. The number of rotatable bonds is 3. The molecule has 114 valence electrons. The number of amides is 1. The summed E-state index contributed by atoms with van der Waals surface area (Å²) in [5, 5.41) is 3.38. The Labute approximate surface area is 136 Å². The van der Waals surface area contributed by atoms with Crippen molar-refractivity contribution in [1.82, 2.24) is 0 Å². The monoisotopic (exact) mass is 347 g/mol. The van der Waals surface area contributed by atoms with Crippen LogP contribution in [-0.2, 0) is 22.4 Å². The lowest BCUT2D eigenvalue weighted by Gasteiger charge is -2.11. The molecule has 0 spiro atoms. The number of nitrogens with one attached hydrogen (secondary N) is 1. The lowest BCUT2D eigenvalue weighted by atomic mass is 9.95. The number of carbonyl (C=O) groups excluding carboxylic acids is 2. The fourth-order valence-corrected chi connectivity index (χ4v) is 4.46. The highest BCUT2D eigenvalue weighted by Gasteiger charge is 2.56. The fraction of sp³-hybridized carbons (Fsp3) is 0.571. The van der Waals surface area contributed by atoms with Gasteiger partial charge >= 0.3 is 5.97 Å². The Balaban J connectivity index is 1.89. The average Bonchev–Trinajstić information content (AvgIpc) is 2.94. The third kappa shape index (κ3) is 2.79. The SMILES string of the molecule is COC(=O)c1c(NC(=O)C2CC2(Cl)Cl)sc2c1CCCC2. The van der Waals surface area contributed by atoms with Crippen LogP contribution < -0.4 is 5.32 Å². The maximum atomic E-state index is 12.1. The summed E-state index contributed by atoms with van der Waals surface area (Å²) in [5.41, 5.74) is 1.52. The molecule has 0 saturated heterocycles. The molecule has 2 aliphatic carbocycles. The third-order valence-electron chi connectivity index (χ3n) is 3.94. The maximum Gasteiger partial charge on any atom is 0.341 e. The minimum absolute atomic E-state index is 0.233. The van der Waals surface area contributed by atoms with Gasteiger partial charge in [0.2, 0.25) is 5.91 Å². The second-order valence-electron chi connectivity index (χ2n) is 5.41. The summed E-state index contributed by atoms with van der Waals surface area (Å²) in [6.45, 7) is 0. The Morgan fingerprint density at radius 3 is 2.62 bits per heavy atom. The quantitative estimate of drug-likeness (QED) is 0.671. The van der Waals surface area contributed by atoms with Crippen LogP contribution in [-0.4, -0.2) is 23.3 Å². The van der Waals surface area contributed by atoms with E-state index in [1.807, 2.05) is 0 Å². The molecule has 1 atom stereocenters. The molecule has 1 aromatic rings. The van der Waals surface area contributed by atoms with Crippen LogP contribution >= 0.6 is 34.5 Å². The molecule has 1 aromatic heterocycles. The molecule has 0 bridgehead atoms. The first kappa shape index (κ1) is 15.1. The van der Waals surface area contributed by atoms with Gasteiger partial charge in [-0.3, -0.25) is 4.79 Å². The van der Waals surface area contributed by atoms with Gasteiger partial charge in [-0.05, 0) is 37.7 Å². The van der Waals surface area contributed by atoms with Crippen molar-refractivity contribution in [2.75, 3.05) is 12.4 Å². The van der Waals surface area contributed by atoms with E-state index in [4.69, 9.17) is 27.9 Å². The highest BCUT2D eigenvalue weighted by Crippen LogP contribution is 2.53. The van der Waals surface area contributed by atoms with Gasteiger partial charge in [-0.15, -0.1) is 34.5 Å². The molecule has 1 amide bonds. The largest absolute Gasteiger partial charge is 0.465 e. The minimum Gasteiger partial charge on any atom is -0.465 e. The van der Waals surface area contributed by atoms with Crippen LogP contribution in [0.2, 0.25) is 0 Å². The normalized spacial score (nSPS) is 22.3. The topological polar surface area (TPSA) is 55.4 Å². The Bertz CT molecular complexity index is 612. The van der Waals surface area contributed by atoms with Gasteiger partial charge < -0.3 is 10.1 Å². The zero-order valence-electron chi connectivity index (χ0n) is 11.5. The van der Waals surface area contributed by atoms with E-state index in [9.17, 15) is 9.59 Å². The molecule has 1 fully saturated rings. The first-order valence-electron chi connectivity index (χ1n) is 6.85. The molecular formula is C14H15Cl2NO3S. The van der Waals surface area contributed by atoms with Crippen LogP contribution in [0.5, 0.6) is 0 Å². The highest BCUT2D eigenvalue weighted by atomic mass is 35.5. The predicted molar refractivity (Wildman–Crippen MR) is 83.5 cm³/mol. The summed E-state index contributed by atoms with van der Waals surface area (Å²) < 4.78 is 3.90. The molecule has 3 rings (SSSR count). The van der Waals surface area contributed by atoms with Crippen molar-refractivity contribution in [2.45, 2.75) is 36.4 Å². The van der Waals surface area contributed by atoms with Gasteiger partial charge in [-0.1, -0.05) is 0 Å². The number of alkyl halides is 2. The van der Waals surface area contributed by atoms with E-state index in [1.54, 1.807) is 0 Å². The van der Waals surface area contributed by atoms with E-state index < -0.39 is 16.2 Å². The van der Waals surface area contributed by atoms with Gasteiger partial charge in [-0.2, -0.15) is 0 Å². The van der Waals surface area contributed by atoms with Crippen LogP contribution in [0.25, 0.3) is 0 Å². The second kappa shape index (κ2) is 5.45. The summed E-state index contributed by atoms with van der Waals surface area (Å²) in [6.07, 6.45) is 4.40. The molecule has 1 heterocycles. The number of halogens is 2. The van der Waals surface area contributed by atoms with Crippen molar-refractivity contribution in [3.8, 4) is 0 Å². The minimum atomic E-state index is -0.966. The van der Waals surface area contributed by atoms with Crippen molar-refractivity contribution in [3.05, 3.63) is 16.0 Å². The van der Waals surface area contributed by atoms with E-state index >= 15 is 0 Å². The van der Waals surface area contributed by atoms with Crippen LogP contribution in [0, 0.1) is 5.92 Å². The Morgan fingerprint density at radius 1 is 1.33 bits per heavy atom. The number of esters is 1. The van der Waals surface area contributed by atoms with E-state index in [0.717, 1.165) is 36.1 Å². The third-order valence-corrected chi connectivity index (χ3v) is 5.98. The Kier molecular flexibility index (Phi) is 3.93. The van der Waals surface area contributed by atoms with Crippen LogP contribution in [0.4, 0.5) is 5.00 Å². The van der Waals surface area contributed by atoms with Gasteiger partial charge in [0.1, 0.15) is 9.33 Å². The predicted octanol–water partition coefficient (Wildman–Crippen LogP) is 3.55. The van der Waals surface area contributed by atoms with Crippen molar-refractivity contribution in [3.63, 3.8) is 0 Å². The fourth-order valence-electron chi connectivity index (χ4n) is 2.67. The first-order chi connectivity index (χ1) is 9.94. The molecule has 1 unspecified atom stereocenters. The van der Waals surface area contributed by atoms with Crippen LogP contribution in [0.15, 0.2) is 0 Å². The van der Waals surface area contributed by atoms with E-state index in [-0.39, 0.29) is 5.91 Å². The number of ether oxygens (including phenoxy) is 1. The van der Waals surface area contributed by atoms with Crippen LogP contribution in [0.1, 0.15) is 40.1 Å². The zero-order chi connectivity index (χ0) is 15.2. The van der Waals surface area contributed by atoms with E-state index in [1.165, 1.54) is 18.4 Å². The maximum absolute atomic E-state index is 12.1. The summed E-state index contributed by atoms with van der Waals surface area (Å²) in [7, 11) is 1.35. The van der Waals surface area contributed by atoms with E-state index in [2.05, 4.69) is 5.32 Å². The number of hydrogen-bond donors (Lipinski definition) is 1. The number of aryl methyl sites for hydroxylation is 1. The zero-order valence-corrected chi connectivity index (χ0v) is 13.8. The number of fused-ring (bicyclic) bond motifs is 1. The van der Waals surface area contributed by atoms with Gasteiger partial charge in [0.05, 0.1) is 18.6 Å². The number of anilines is 1. The molecule has 0 radical (unpaired) electrons. The van der Waals surface area contributed by atoms with Gasteiger partial charge in [-0.25, -0.2) is 4.79 Å². The smallest absolute Gasteiger partial charge is 0.341 e. The summed E-state index contributed by atoms with van der Waals surface area (Å²) in [5.74, 6) is -1.04. The lowest BCUT2D eigenvalue weighted by Crippen LogP contribution is -2.18. The molecule has 4 nitrogen and oxygen atoms in total. The van der Waals surface area contributed by atoms with Crippen molar-refractivity contribution < 1.29 is 14.3 Å². The van der Waals surface area contributed by atoms with Gasteiger partial charge in [0.15, 0.2) is 0 Å².